The number of amides is 2. The summed E-state index contributed by atoms with van der Waals surface area (Å²) in [7, 11) is 0. The zero-order valence-corrected chi connectivity index (χ0v) is 19.1. The van der Waals surface area contributed by atoms with E-state index in [1.54, 1.807) is 36.4 Å². The van der Waals surface area contributed by atoms with Crippen molar-refractivity contribution in [3.05, 3.63) is 46.2 Å². The van der Waals surface area contributed by atoms with Crippen LogP contribution >= 0.6 is 48.0 Å². The molecule has 2 saturated heterocycles. The number of hydrogen-bond donors (Lipinski definition) is 0. The second-order valence-corrected chi connectivity index (χ2v) is 10.0. The van der Waals surface area contributed by atoms with Crippen LogP contribution in [-0.4, -0.2) is 34.0 Å². The van der Waals surface area contributed by atoms with Gasteiger partial charge in [0.1, 0.15) is 0 Å². The van der Waals surface area contributed by atoms with Gasteiger partial charge in [-0.25, -0.2) is 0 Å². The summed E-state index contributed by atoms with van der Waals surface area (Å²) in [4.78, 5) is 29.8. The molecule has 0 radical (unpaired) electrons. The molecule has 2 fully saturated rings. The molecule has 0 N–H and O–H groups in total. The number of fused-ring (bicyclic) bond motifs is 2. The molecule has 4 aliphatic rings. The molecule has 12 heteroatoms. The molecule has 0 aromatic heterocycles. The third-order valence-electron chi connectivity index (χ3n) is 4.97. The predicted molar refractivity (Wildman–Crippen MR) is 128 cm³/mol. The Morgan fingerprint density at radius 1 is 0.656 bits per heavy atom. The first kappa shape index (κ1) is 19.9. The van der Waals surface area contributed by atoms with E-state index >= 15 is 0 Å². The Labute approximate surface area is 200 Å². The average Bonchev–Trinajstić information content (AvgIpc) is 3.54. The smallest absolute Gasteiger partial charge is 0.272 e. The van der Waals surface area contributed by atoms with E-state index in [-0.39, 0.29) is 35.2 Å². The molecule has 4 heterocycles. The van der Waals surface area contributed by atoms with Gasteiger partial charge in [0.2, 0.25) is 13.6 Å². The third-order valence-corrected chi connectivity index (χ3v) is 7.85. The Bertz CT molecular complexity index is 1200. The van der Waals surface area contributed by atoms with Crippen LogP contribution in [-0.2, 0) is 9.59 Å². The maximum Gasteiger partial charge on any atom is 0.272 e. The van der Waals surface area contributed by atoms with Crippen molar-refractivity contribution >= 4 is 79.8 Å². The van der Waals surface area contributed by atoms with Gasteiger partial charge in [-0.3, -0.25) is 19.4 Å². The van der Waals surface area contributed by atoms with E-state index in [9.17, 15) is 9.59 Å². The van der Waals surface area contributed by atoms with E-state index < -0.39 is 0 Å². The van der Waals surface area contributed by atoms with E-state index in [1.807, 2.05) is 0 Å². The van der Waals surface area contributed by atoms with Gasteiger partial charge in [0, 0.05) is 12.1 Å². The average molecular weight is 503 g/mol. The molecule has 8 nitrogen and oxygen atoms in total. The number of nitrogens with zero attached hydrogens (tertiary/aromatic N) is 2. The Balaban J connectivity index is 1.34. The molecular weight excluding hydrogens is 492 g/mol. The lowest BCUT2D eigenvalue weighted by molar-refractivity contribution is -0.115. The summed E-state index contributed by atoms with van der Waals surface area (Å²) in [6, 6.07) is 10.3. The van der Waals surface area contributed by atoms with Gasteiger partial charge in [0.25, 0.3) is 11.8 Å². The number of ether oxygens (including phenoxy) is 4. The van der Waals surface area contributed by atoms with Gasteiger partial charge >= 0.3 is 0 Å². The molecule has 4 aliphatic heterocycles. The van der Waals surface area contributed by atoms with Gasteiger partial charge < -0.3 is 18.9 Å². The molecule has 2 aromatic rings. The van der Waals surface area contributed by atoms with Crippen molar-refractivity contribution in [2.24, 2.45) is 0 Å². The van der Waals surface area contributed by atoms with E-state index in [2.05, 4.69) is 0 Å². The Morgan fingerprint density at radius 3 is 1.50 bits per heavy atom. The summed E-state index contributed by atoms with van der Waals surface area (Å²) in [5, 5.41) is 0. The molecule has 0 saturated carbocycles. The molecule has 0 spiro atoms. The van der Waals surface area contributed by atoms with Crippen molar-refractivity contribution in [1.82, 2.24) is 0 Å². The fourth-order valence-electron chi connectivity index (χ4n) is 3.50. The highest BCUT2D eigenvalue weighted by atomic mass is 32.2. The molecule has 32 heavy (non-hydrogen) atoms. The molecule has 2 amide bonds. The highest BCUT2D eigenvalue weighted by molar-refractivity contribution is 8.30. The number of carbonyl (C=O) groups excluding carboxylic acids is 2. The first-order valence-electron chi connectivity index (χ1n) is 9.17. The van der Waals surface area contributed by atoms with E-state index in [4.69, 9.17) is 43.4 Å². The standard InChI is InChI=1S/C20H10N2O6S4/c23-17-15(31-19(29)21(17)9-1-3-11-13(5-9)27-7-25-11)16-18(24)22(20(30)32-16)10-2-4-12-14(6-10)28-8-26-12/h1-6H,7-8H2. The lowest BCUT2D eigenvalue weighted by Crippen LogP contribution is -2.29. The summed E-state index contributed by atoms with van der Waals surface area (Å²) in [6.45, 7) is 0.249. The molecular formula is C20H10N2O6S4. The topological polar surface area (TPSA) is 77.5 Å². The van der Waals surface area contributed by atoms with Gasteiger partial charge in [-0.2, -0.15) is 0 Å². The largest absolute Gasteiger partial charge is 0.454 e. The van der Waals surface area contributed by atoms with E-state index in [1.165, 1.54) is 9.80 Å². The van der Waals surface area contributed by atoms with Gasteiger partial charge in [0.15, 0.2) is 31.6 Å². The number of thioether (sulfide) groups is 2. The quantitative estimate of drug-likeness (QED) is 0.447. The Kier molecular flexibility index (Phi) is 4.57. The third kappa shape index (κ3) is 2.98. The van der Waals surface area contributed by atoms with Crippen LogP contribution in [0.25, 0.3) is 0 Å². The van der Waals surface area contributed by atoms with Crippen molar-refractivity contribution in [3.8, 4) is 23.0 Å². The minimum atomic E-state index is -0.384. The summed E-state index contributed by atoms with van der Waals surface area (Å²) in [6.07, 6.45) is 0. The highest BCUT2D eigenvalue weighted by Crippen LogP contribution is 2.47. The maximum atomic E-state index is 13.3. The molecule has 0 aliphatic carbocycles. The summed E-state index contributed by atoms with van der Waals surface area (Å²) >= 11 is 13.0. The molecule has 0 atom stereocenters. The normalized spacial score (nSPS) is 21.4. The fraction of sp³-hybridized carbons (Fsp3) is 0.100. The van der Waals surface area contributed by atoms with Crippen LogP contribution in [0.15, 0.2) is 46.2 Å². The van der Waals surface area contributed by atoms with Crippen molar-refractivity contribution < 1.29 is 28.5 Å². The first-order valence-corrected chi connectivity index (χ1v) is 11.6. The molecule has 6 rings (SSSR count). The SMILES string of the molecule is O=C1C(=C2SC(=S)N(c3ccc4c(c3)OCO4)C2=O)SC(=S)N1c1ccc2c(c1)OCO2. The van der Waals surface area contributed by atoms with Crippen molar-refractivity contribution in [3.63, 3.8) is 0 Å². The molecule has 2 aromatic carbocycles. The van der Waals surface area contributed by atoms with Gasteiger partial charge in [-0.05, 0) is 24.3 Å². The summed E-state index contributed by atoms with van der Waals surface area (Å²) in [5.74, 6) is 1.50. The zero-order valence-electron chi connectivity index (χ0n) is 15.9. The minimum absolute atomic E-state index is 0.125. The number of thiocarbonyl (C=S) groups is 2. The van der Waals surface area contributed by atoms with Crippen LogP contribution in [0.5, 0.6) is 23.0 Å². The molecule has 0 bridgehead atoms. The van der Waals surface area contributed by atoms with Crippen molar-refractivity contribution in [2.75, 3.05) is 23.4 Å². The van der Waals surface area contributed by atoms with E-state index in [0.29, 0.717) is 43.0 Å². The van der Waals surface area contributed by atoms with Gasteiger partial charge in [0.05, 0.1) is 21.2 Å². The van der Waals surface area contributed by atoms with Crippen LogP contribution in [0.3, 0.4) is 0 Å². The van der Waals surface area contributed by atoms with Crippen LogP contribution in [0.1, 0.15) is 0 Å². The number of carbonyl (C=O) groups is 2. The number of anilines is 2. The minimum Gasteiger partial charge on any atom is -0.454 e. The lowest BCUT2D eigenvalue weighted by atomic mass is 10.2. The predicted octanol–water partition coefficient (Wildman–Crippen LogP) is 3.79. The highest BCUT2D eigenvalue weighted by Gasteiger charge is 2.43. The van der Waals surface area contributed by atoms with Gasteiger partial charge in [-0.1, -0.05) is 48.0 Å². The van der Waals surface area contributed by atoms with Crippen LogP contribution in [0, 0.1) is 0 Å². The lowest BCUT2D eigenvalue weighted by Gasteiger charge is -2.15. The number of rotatable bonds is 2. The molecule has 160 valence electrons. The second-order valence-electron chi connectivity index (χ2n) is 6.75. The van der Waals surface area contributed by atoms with Crippen LogP contribution < -0.4 is 28.7 Å². The van der Waals surface area contributed by atoms with Gasteiger partial charge in [-0.15, -0.1) is 0 Å². The van der Waals surface area contributed by atoms with Crippen molar-refractivity contribution in [2.45, 2.75) is 0 Å². The van der Waals surface area contributed by atoms with Crippen LogP contribution in [0.2, 0.25) is 0 Å². The Hall–Kier alpha value is -2.80. The number of hydrogen-bond acceptors (Lipinski definition) is 10. The van der Waals surface area contributed by atoms with Crippen molar-refractivity contribution in [1.29, 1.82) is 0 Å². The molecule has 0 unspecified atom stereocenters. The van der Waals surface area contributed by atoms with E-state index in [0.717, 1.165) is 23.5 Å². The monoisotopic (exact) mass is 502 g/mol. The van der Waals surface area contributed by atoms with Crippen LogP contribution in [0.4, 0.5) is 11.4 Å². The Morgan fingerprint density at radius 2 is 1.06 bits per heavy atom. The maximum absolute atomic E-state index is 13.3. The second kappa shape index (κ2) is 7.37. The number of benzene rings is 2. The summed E-state index contributed by atoms with van der Waals surface area (Å²) < 4.78 is 22.1. The zero-order chi connectivity index (χ0) is 22.0. The first-order chi connectivity index (χ1) is 15.5. The summed E-state index contributed by atoms with van der Waals surface area (Å²) in [5.41, 5.74) is 1.08. The fourth-order valence-corrected chi connectivity index (χ4v) is 6.26.